The van der Waals surface area contributed by atoms with Crippen LogP contribution in [0.1, 0.15) is 31.3 Å². The number of anilines is 2. The maximum Gasteiger partial charge on any atom is 0.291 e. The number of carbonyl (C=O) groups excluding carboxylic acids is 3. The van der Waals surface area contributed by atoms with Crippen LogP contribution in [0.15, 0.2) is 47.1 Å². The zero-order valence-electron chi connectivity index (χ0n) is 14.3. The van der Waals surface area contributed by atoms with E-state index in [4.69, 9.17) is 4.42 Å². The molecule has 0 aliphatic heterocycles. The Morgan fingerprint density at radius 2 is 1.68 bits per heavy atom. The highest BCUT2D eigenvalue weighted by Crippen LogP contribution is 2.17. The third-order valence-electron chi connectivity index (χ3n) is 3.44. The van der Waals surface area contributed by atoms with Gasteiger partial charge in [-0.15, -0.1) is 0 Å². The number of amides is 3. The lowest BCUT2D eigenvalue weighted by Gasteiger charge is -2.21. The monoisotopic (exact) mass is 343 g/mol. The van der Waals surface area contributed by atoms with Crippen molar-refractivity contribution in [1.29, 1.82) is 0 Å². The SMILES string of the molecule is CC(=O)N[C@H](C(=O)Nc1cccc(NC(=O)c2ccco2)c1)C(C)C. The summed E-state index contributed by atoms with van der Waals surface area (Å²) in [6.07, 6.45) is 1.42. The van der Waals surface area contributed by atoms with Crippen LogP contribution in [0.2, 0.25) is 0 Å². The summed E-state index contributed by atoms with van der Waals surface area (Å²) in [4.78, 5) is 35.6. The molecule has 0 radical (unpaired) electrons. The van der Waals surface area contributed by atoms with E-state index in [0.29, 0.717) is 11.4 Å². The number of hydrogen-bond donors (Lipinski definition) is 3. The van der Waals surface area contributed by atoms with Crippen LogP contribution in [0.4, 0.5) is 11.4 Å². The van der Waals surface area contributed by atoms with Crippen LogP contribution in [0, 0.1) is 5.92 Å². The van der Waals surface area contributed by atoms with Gasteiger partial charge in [-0.1, -0.05) is 19.9 Å². The fourth-order valence-electron chi connectivity index (χ4n) is 2.25. The number of furan rings is 1. The van der Waals surface area contributed by atoms with E-state index in [-0.39, 0.29) is 29.4 Å². The Balaban J connectivity index is 2.06. The zero-order chi connectivity index (χ0) is 18.4. The number of carbonyl (C=O) groups is 3. The standard InChI is InChI=1S/C18H21N3O4/c1-11(2)16(19-12(3)22)18(24)21-14-7-4-6-13(10-14)20-17(23)15-8-5-9-25-15/h4-11,16H,1-3H3,(H,19,22)(H,20,23)(H,21,24)/t16-/m0/s1. The molecule has 1 atom stereocenters. The molecule has 0 aliphatic rings. The third-order valence-corrected chi connectivity index (χ3v) is 3.44. The normalized spacial score (nSPS) is 11.7. The van der Waals surface area contributed by atoms with Gasteiger partial charge in [0.2, 0.25) is 11.8 Å². The minimum atomic E-state index is -0.640. The molecule has 0 bridgehead atoms. The fraction of sp³-hybridized carbons (Fsp3) is 0.278. The second-order valence-corrected chi connectivity index (χ2v) is 5.92. The van der Waals surface area contributed by atoms with Gasteiger partial charge in [0.05, 0.1) is 6.26 Å². The summed E-state index contributed by atoms with van der Waals surface area (Å²) in [7, 11) is 0. The highest BCUT2D eigenvalue weighted by atomic mass is 16.3. The van der Waals surface area contributed by atoms with E-state index < -0.39 is 6.04 Å². The number of benzene rings is 1. The van der Waals surface area contributed by atoms with Gasteiger partial charge in [0.1, 0.15) is 6.04 Å². The number of hydrogen-bond acceptors (Lipinski definition) is 4. The summed E-state index contributed by atoms with van der Waals surface area (Å²) in [5.41, 5.74) is 1.03. The first-order chi connectivity index (χ1) is 11.9. The van der Waals surface area contributed by atoms with E-state index in [2.05, 4.69) is 16.0 Å². The molecular formula is C18H21N3O4. The van der Waals surface area contributed by atoms with Crippen LogP contribution in [-0.2, 0) is 9.59 Å². The zero-order valence-corrected chi connectivity index (χ0v) is 14.3. The summed E-state index contributed by atoms with van der Waals surface area (Å²) in [6.45, 7) is 5.06. The Bertz CT molecular complexity index is 753. The lowest BCUT2D eigenvalue weighted by Crippen LogP contribution is -2.46. The molecule has 0 spiro atoms. The van der Waals surface area contributed by atoms with Crippen LogP contribution in [0.3, 0.4) is 0 Å². The average Bonchev–Trinajstić information content (AvgIpc) is 3.07. The van der Waals surface area contributed by atoms with Crippen molar-refractivity contribution in [2.24, 2.45) is 5.92 Å². The van der Waals surface area contributed by atoms with Crippen LogP contribution in [0.25, 0.3) is 0 Å². The van der Waals surface area contributed by atoms with Crippen molar-refractivity contribution in [3.05, 3.63) is 48.4 Å². The number of rotatable bonds is 6. The molecule has 2 rings (SSSR count). The third kappa shape index (κ3) is 5.20. The Labute approximate surface area is 145 Å². The Morgan fingerprint density at radius 3 is 2.24 bits per heavy atom. The lowest BCUT2D eigenvalue weighted by atomic mass is 10.0. The highest BCUT2D eigenvalue weighted by Gasteiger charge is 2.23. The first kappa shape index (κ1) is 18.3. The summed E-state index contributed by atoms with van der Waals surface area (Å²) < 4.78 is 5.04. The van der Waals surface area contributed by atoms with Gasteiger partial charge >= 0.3 is 0 Å². The molecule has 0 aliphatic carbocycles. The molecule has 0 unspecified atom stereocenters. The predicted octanol–water partition coefficient (Wildman–Crippen LogP) is 2.63. The Hall–Kier alpha value is -3.09. The van der Waals surface area contributed by atoms with Crippen LogP contribution < -0.4 is 16.0 Å². The first-order valence-electron chi connectivity index (χ1n) is 7.89. The van der Waals surface area contributed by atoms with Gasteiger partial charge in [-0.25, -0.2) is 0 Å². The van der Waals surface area contributed by atoms with Crippen LogP contribution in [-0.4, -0.2) is 23.8 Å². The highest BCUT2D eigenvalue weighted by molar-refractivity contribution is 6.03. The summed E-state index contributed by atoms with van der Waals surface area (Å²) >= 11 is 0. The number of nitrogens with one attached hydrogen (secondary N) is 3. The minimum absolute atomic E-state index is 0.0641. The lowest BCUT2D eigenvalue weighted by molar-refractivity contribution is -0.126. The maximum absolute atomic E-state index is 12.4. The average molecular weight is 343 g/mol. The van der Waals surface area contributed by atoms with Gasteiger partial charge in [0.25, 0.3) is 5.91 Å². The van der Waals surface area contributed by atoms with Crippen molar-refractivity contribution in [3.8, 4) is 0 Å². The molecule has 2 aromatic rings. The van der Waals surface area contributed by atoms with E-state index in [1.807, 2.05) is 13.8 Å². The predicted molar refractivity (Wildman–Crippen MR) is 94.2 cm³/mol. The van der Waals surface area contributed by atoms with Gasteiger partial charge in [0.15, 0.2) is 5.76 Å². The van der Waals surface area contributed by atoms with E-state index >= 15 is 0 Å². The summed E-state index contributed by atoms with van der Waals surface area (Å²) in [5, 5.41) is 8.07. The van der Waals surface area contributed by atoms with Gasteiger partial charge in [-0.3, -0.25) is 14.4 Å². The van der Waals surface area contributed by atoms with E-state index in [1.165, 1.54) is 13.2 Å². The summed E-state index contributed by atoms with van der Waals surface area (Å²) in [5.74, 6) is -0.842. The molecule has 0 fully saturated rings. The van der Waals surface area contributed by atoms with Crippen LogP contribution in [0.5, 0.6) is 0 Å². The van der Waals surface area contributed by atoms with Crippen molar-refractivity contribution in [1.82, 2.24) is 5.32 Å². The van der Waals surface area contributed by atoms with Crippen molar-refractivity contribution in [2.75, 3.05) is 10.6 Å². The molecule has 132 valence electrons. The first-order valence-corrected chi connectivity index (χ1v) is 7.89. The molecule has 1 aromatic heterocycles. The summed E-state index contributed by atoms with van der Waals surface area (Å²) in [6, 6.07) is 9.27. The van der Waals surface area contributed by atoms with Crippen molar-refractivity contribution in [2.45, 2.75) is 26.8 Å². The van der Waals surface area contributed by atoms with Crippen molar-refractivity contribution < 1.29 is 18.8 Å². The molecule has 3 amide bonds. The Morgan fingerprint density at radius 1 is 1.00 bits per heavy atom. The fourth-order valence-corrected chi connectivity index (χ4v) is 2.25. The molecule has 1 heterocycles. The molecule has 7 nitrogen and oxygen atoms in total. The molecule has 0 saturated heterocycles. The van der Waals surface area contributed by atoms with E-state index in [9.17, 15) is 14.4 Å². The molecule has 7 heteroatoms. The molecule has 0 saturated carbocycles. The maximum atomic E-state index is 12.4. The molecule has 3 N–H and O–H groups in total. The quantitative estimate of drug-likeness (QED) is 0.750. The molecule has 25 heavy (non-hydrogen) atoms. The van der Waals surface area contributed by atoms with Gasteiger partial charge in [-0.05, 0) is 36.2 Å². The van der Waals surface area contributed by atoms with Crippen molar-refractivity contribution in [3.63, 3.8) is 0 Å². The smallest absolute Gasteiger partial charge is 0.291 e. The van der Waals surface area contributed by atoms with Gasteiger partial charge < -0.3 is 20.4 Å². The Kier molecular flexibility index (Phi) is 5.94. The molecule has 1 aromatic carbocycles. The topological polar surface area (TPSA) is 100 Å². The van der Waals surface area contributed by atoms with E-state index in [0.717, 1.165) is 0 Å². The van der Waals surface area contributed by atoms with Crippen LogP contribution >= 0.6 is 0 Å². The van der Waals surface area contributed by atoms with Gasteiger partial charge in [0, 0.05) is 18.3 Å². The largest absolute Gasteiger partial charge is 0.459 e. The van der Waals surface area contributed by atoms with Crippen molar-refractivity contribution >= 4 is 29.1 Å². The van der Waals surface area contributed by atoms with Gasteiger partial charge in [-0.2, -0.15) is 0 Å². The minimum Gasteiger partial charge on any atom is -0.459 e. The molecular weight excluding hydrogens is 322 g/mol. The second kappa shape index (κ2) is 8.14. The van der Waals surface area contributed by atoms with E-state index in [1.54, 1.807) is 36.4 Å². The second-order valence-electron chi connectivity index (χ2n) is 5.92.